The van der Waals surface area contributed by atoms with Gasteiger partial charge in [0.15, 0.2) is 5.17 Å². The van der Waals surface area contributed by atoms with E-state index in [9.17, 15) is 22.8 Å². The molecule has 5 nitrogen and oxygen atoms in total. The third-order valence-electron chi connectivity index (χ3n) is 4.03. The molecule has 1 unspecified atom stereocenters. The van der Waals surface area contributed by atoms with Crippen LogP contribution in [0.5, 0.6) is 0 Å². The Hall–Kier alpha value is -1.74. The molecule has 2 amide bonds. The molecular weight excluding hydrogens is 391 g/mol. The molecule has 1 aromatic carbocycles. The third-order valence-corrected chi connectivity index (χ3v) is 5.57. The van der Waals surface area contributed by atoms with E-state index in [0.717, 1.165) is 38.1 Å². The summed E-state index contributed by atoms with van der Waals surface area (Å²) in [5, 5.41) is 1.91. The summed E-state index contributed by atoms with van der Waals surface area (Å²) in [6.45, 7) is 1.67. The van der Waals surface area contributed by atoms with Gasteiger partial charge in [-0.05, 0) is 31.0 Å². The fraction of sp³-hybridized carbons (Fsp3) is 0.438. The lowest BCUT2D eigenvalue weighted by Crippen LogP contribution is -2.25. The van der Waals surface area contributed by atoms with Crippen molar-refractivity contribution >= 4 is 46.0 Å². The van der Waals surface area contributed by atoms with Crippen LogP contribution in [0.3, 0.4) is 0 Å². The normalized spacial score (nSPS) is 20.5. The summed E-state index contributed by atoms with van der Waals surface area (Å²) in [5.74, 6) is -0.941. The molecule has 1 N–H and O–H groups in total. The molecule has 1 fully saturated rings. The molecule has 26 heavy (non-hydrogen) atoms. The van der Waals surface area contributed by atoms with Crippen molar-refractivity contribution in [3.63, 3.8) is 0 Å². The second-order valence-corrected chi connectivity index (χ2v) is 7.56. The Morgan fingerprint density at radius 1 is 1.35 bits per heavy atom. The summed E-state index contributed by atoms with van der Waals surface area (Å²) >= 11 is 6.78. The number of halogens is 4. The zero-order valence-corrected chi connectivity index (χ0v) is 15.0. The van der Waals surface area contributed by atoms with Crippen LogP contribution in [-0.2, 0) is 15.8 Å². The number of benzene rings is 1. The molecule has 0 saturated carbocycles. The van der Waals surface area contributed by atoms with E-state index in [4.69, 9.17) is 11.6 Å². The maximum absolute atomic E-state index is 12.9. The average molecular weight is 406 g/mol. The summed E-state index contributed by atoms with van der Waals surface area (Å²) in [6, 6.07) is 3.13. The average Bonchev–Trinajstić information content (AvgIpc) is 3.18. The first-order chi connectivity index (χ1) is 12.2. The summed E-state index contributed by atoms with van der Waals surface area (Å²) in [4.78, 5) is 30.1. The maximum atomic E-state index is 12.9. The largest absolute Gasteiger partial charge is 0.417 e. The zero-order valence-electron chi connectivity index (χ0n) is 13.5. The molecule has 2 heterocycles. The van der Waals surface area contributed by atoms with Crippen LogP contribution in [0.25, 0.3) is 0 Å². The van der Waals surface area contributed by atoms with Crippen molar-refractivity contribution in [2.75, 3.05) is 18.4 Å². The van der Waals surface area contributed by atoms with E-state index >= 15 is 0 Å². The monoisotopic (exact) mass is 405 g/mol. The number of likely N-dealkylation sites (tertiary alicyclic amines) is 1. The first kappa shape index (κ1) is 19.0. The minimum atomic E-state index is -4.62. The summed E-state index contributed by atoms with van der Waals surface area (Å²) in [7, 11) is 0. The van der Waals surface area contributed by atoms with E-state index in [1.165, 1.54) is 17.8 Å². The molecule has 0 spiro atoms. The smallest absolute Gasteiger partial charge is 0.351 e. The minimum absolute atomic E-state index is 0.0251. The molecule has 0 aliphatic carbocycles. The van der Waals surface area contributed by atoms with Gasteiger partial charge in [-0.3, -0.25) is 9.59 Å². The molecule has 0 radical (unpaired) electrons. The number of hydrogen-bond donors (Lipinski definition) is 1. The van der Waals surface area contributed by atoms with Gasteiger partial charge in [0.1, 0.15) is 5.25 Å². The van der Waals surface area contributed by atoms with Crippen LogP contribution >= 0.6 is 23.4 Å². The number of amides is 2. The maximum Gasteiger partial charge on any atom is 0.417 e. The zero-order chi connectivity index (χ0) is 18.9. The number of aliphatic imine (C=N–C) groups is 1. The molecule has 1 atom stereocenters. The molecular formula is C16H15ClF3N3O2S. The Balaban J connectivity index is 1.61. The predicted molar refractivity (Wildman–Crippen MR) is 94.3 cm³/mol. The molecule has 1 aromatic rings. The molecule has 1 saturated heterocycles. The van der Waals surface area contributed by atoms with Gasteiger partial charge in [-0.2, -0.15) is 18.2 Å². The molecule has 0 bridgehead atoms. The van der Waals surface area contributed by atoms with E-state index in [1.807, 2.05) is 4.90 Å². The summed E-state index contributed by atoms with van der Waals surface area (Å²) in [5.41, 5.74) is -1.05. The molecule has 3 rings (SSSR count). The van der Waals surface area contributed by atoms with Crippen LogP contribution in [0, 0.1) is 0 Å². The van der Waals surface area contributed by atoms with Crippen molar-refractivity contribution < 1.29 is 22.8 Å². The first-order valence-electron chi connectivity index (χ1n) is 7.95. The number of thioether (sulfide) groups is 1. The quantitative estimate of drug-likeness (QED) is 0.831. The predicted octanol–water partition coefficient (Wildman–Crippen LogP) is 3.78. The lowest BCUT2D eigenvalue weighted by molar-refractivity contribution is -0.137. The number of nitrogens with zero attached hydrogens (tertiary/aromatic N) is 2. The molecule has 2 aliphatic heterocycles. The van der Waals surface area contributed by atoms with Gasteiger partial charge in [0.25, 0.3) is 5.91 Å². The second kappa shape index (κ2) is 7.48. The van der Waals surface area contributed by atoms with Gasteiger partial charge >= 0.3 is 6.18 Å². The Morgan fingerprint density at radius 2 is 2.04 bits per heavy atom. The van der Waals surface area contributed by atoms with Crippen LogP contribution in [0.2, 0.25) is 5.02 Å². The number of carbonyl (C=O) groups excluding carboxylic acids is 2. The lowest BCUT2D eigenvalue weighted by Gasteiger charge is -2.16. The number of rotatable bonds is 3. The van der Waals surface area contributed by atoms with Gasteiger partial charge in [0.05, 0.1) is 10.6 Å². The standard InChI is InChI=1S/C16H15ClF3N3O2S/c17-11-4-3-9(7-10(11)16(18,19)20)21-13(24)8-12-14(25)22-15(26-12)23-5-1-2-6-23/h3-4,7,12H,1-2,5-6,8H2,(H,21,24). The first-order valence-corrected chi connectivity index (χ1v) is 9.20. The lowest BCUT2D eigenvalue weighted by atomic mass is 10.2. The van der Waals surface area contributed by atoms with E-state index < -0.39 is 27.9 Å². The summed E-state index contributed by atoms with van der Waals surface area (Å²) < 4.78 is 38.6. The Labute approximate surface area is 157 Å². The van der Waals surface area contributed by atoms with Crippen molar-refractivity contribution in [3.05, 3.63) is 28.8 Å². The van der Waals surface area contributed by atoms with Crippen molar-refractivity contribution in [3.8, 4) is 0 Å². The Bertz CT molecular complexity index is 764. The number of carbonyl (C=O) groups is 2. The Kier molecular flexibility index (Phi) is 5.47. The van der Waals surface area contributed by atoms with E-state index in [2.05, 4.69) is 10.3 Å². The summed E-state index contributed by atoms with van der Waals surface area (Å²) in [6.07, 6.45) is -2.70. The van der Waals surface area contributed by atoms with Gasteiger partial charge in [0.2, 0.25) is 5.91 Å². The van der Waals surface area contributed by atoms with Gasteiger partial charge in [0, 0.05) is 25.2 Å². The van der Waals surface area contributed by atoms with Crippen molar-refractivity contribution in [1.82, 2.24) is 4.90 Å². The topological polar surface area (TPSA) is 61.8 Å². The van der Waals surface area contributed by atoms with Crippen LogP contribution in [-0.4, -0.2) is 40.2 Å². The fourth-order valence-corrected chi connectivity index (χ4v) is 4.10. The molecule has 10 heteroatoms. The highest BCUT2D eigenvalue weighted by Gasteiger charge is 2.35. The van der Waals surface area contributed by atoms with Crippen LogP contribution in [0.1, 0.15) is 24.8 Å². The molecule has 2 aliphatic rings. The van der Waals surface area contributed by atoms with Gasteiger partial charge in [-0.15, -0.1) is 0 Å². The fourth-order valence-electron chi connectivity index (χ4n) is 2.75. The number of amidine groups is 1. The second-order valence-electron chi connectivity index (χ2n) is 5.98. The number of alkyl halides is 3. The van der Waals surface area contributed by atoms with Gasteiger partial charge in [-0.1, -0.05) is 23.4 Å². The van der Waals surface area contributed by atoms with Gasteiger partial charge < -0.3 is 10.2 Å². The minimum Gasteiger partial charge on any atom is -0.351 e. The van der Waals surface area contributed by atoms with Crippen molar-refractivity contribution in [2.24, 2.45) is 4.99 Å². The third kappa shape index (κ3) is 4.32. The van der Waals surface area contributed by atoms with Crippen LogP contribution in [0.15, 0.2) is 23.2 Å². The van der Waals surface area contributed by atoms with Crippen LogP contribution < -0.4 is 5.32 Å². The number of anilines is 1. The molecule has 140 valence electrons. The Morgan fingerprint density at radius 3 is 2.69 bits per heavy atom. The van der Waals surface area contributed by atoms with Crippen molar-refractivity contribution in [1.29, 1.82) is 0 Å². The van der Waals surface area contributed by atoms with E-state index in [0.29, 0.717) is 5.17 Å². The molecule has 0 aromatic heterocycles. The SMILES string of the molecule is O=C(CC1SC(N2CCCC2)=NC1=O)Nc1ccc(Cl)c(C(F)(F)F)c1. The number of nitrogens with one attached hydrogen (secondary N) is 1. The highest BCUT2D eigenvalue weighted by atomic mass is 35.5. The van der Waals surface area contributed by atoms with Crippen LogP contribution in [0.4, 0.5) is 18.9 Å². The van der Waals surface area contributed by atoms with Gasteiger partial charge in [-0.25, -0.2) is 0 Å². The van der Waals surface area contributed by atoms with E-state index in [1.54, 1.807) is 0 Å². The number of hydrogen-bond acceptors (Lipinski definition) is 4. The van der Waals surface area contributed by atoms with Crippen molar-refractivity contribution in [2.45, 2.75) is 30.7 Å². The van der Waals surface area contributed by atoms with E-state index in [-0.39, 0.29) is 18.0 Å². The highest BCUT2D eigenvalue weighted by molar-refractivity contribution is 8.15. The highest BCUT2D eigenvalue weighted by Crippen LogP contribution is 2.36.